The number of ether oxygens (including phenoxy) is 1. The van der Waals surface area contributed by atoms with Crippen molar-refractivity contribution in [1.29, 1.82) is 0 Å². The summed E-state index contributed by atoms with van der Waals surface area (Å²) in [5.41, 5.74) is 2.96. The molecule has 0 fully saturated rings. The van der Waals surface area contributed by atoms with Gasteiger partial charge in [-0.15, -0.1) is 0 Å². The van der Waals surface area contributed by atoms with E-state index in [9.17, 15) is 0 Å². The SMILES string of the molecule is COc1ccc(C)cc1N=Cc1cnn(C)c1. The first kappa shape index (κ1) is 11.4. The smallest absolute Gasteiger partial charge is 0.144 e. The van der Waals surface area contributed by atoms with Gasteiger partial charge in [0.1, 0.15) is 11.4 Å². The van der Waals surface area contributed by atoms with Gasteiger partial charge in [0.15, 0.2) is 0 Å². The van der Waals surface area contributed by atoms with Gasteiger partial charge in [-0.05, 0) is 24.6 Å². The van der Waals surface area contributed by atoms with Crippen LogP contribution in [0.2, 0.25) is 0 Å². The fourth-order valence-corrected chi connectivity index (χ4v) is 1.55. The van der Waals surface area contributed by atoms with Crippen LogP contribution in [0.5, 0.6) is 5.75 Å². The number of aromatic nitrogens is 2. The average molecular weight is 229 g/mol. The highest BCUT2D eigenvalue weighted by atomic mass is 16.5. The molecular weight excluding hydrogens is 214 g/mol. The van der Waals surface area contributed by atoms with Crippen LogP contribution in [0.25, 0.3) is 0 Å². The predicted molar refractivity (Wildman–Crippen MR) is 68.2 cm³/mol. The number of aliphatic imine (C=N–C) groups is 1. The number of hydrogen-bond acceptors (Lipinski definition) is 3. The second-order valence-corrected chi connectivity index (χ2v) is 3.88. The topological polar surface area (TPSA) is 39.4 Å². The van der Waals surface area contributed by atoms with E-state index in [1.807, 2.05) is 38.4 Å². The van der Waals surface area contributed by atoms with Gasteiger partial charge in [0, 0.05) is 25.0 Å². The normalized spacial score (nSPS) is 11.0. The van der Waals surface area contributed by atoms with Gasteiger partial charge in [-0.3, -0.25) is 9.67 Å². The summed E-state index contributed by atoms with van der Waals surface area (Å²) in [7, 11) is 3.53. The van der Waals surface area contributed by atoms with E-state index >= 15 is 0 Å². The third-order valence-corrected chi connectivity index (χ3v) is 2.41. The van der Waals surface area contributed by atoms with Crippen LogP contribution < -0.4 is 4.74 Å². The van der Waals surface area contributed by atoms with E-state index in [1.165, 1.54) is 0 Å². The van der Waals surface area contributed by atoms with Gasteiger partial charge in [-0.25, -0.2) is 0 Å². The summed E-state index contributed by atoms with van der Waals surface area (Å²) >= 11 is 0. The highest BCUT2D eigenvalue weighted by molar-refractivity contribution is 5.82. The van der Waals surface area contributed by atoms with Crippen molar-refractivity contribution in [2.24, 2.45) is 12.0 Å². The molecule has 0 spiro atoms. The summed E-state index contributed by atoms with van der Waals surface area (Å²) in [6.45, 7) is 2.03. The number of methoxy groups -OCH3 is 1. The summed E-state index contributed by atoms with van der Waals surface area (Å²) in [4.78, 5) is 4.42. The van der Waals surface area contributed by atoms with E-state index in [4.69, 9.17) is 4.74 Å². The Bertz CT molecular complexity index is 543. The molecule has 4 nitrogen and oxygen atoms in total. The van der Waals surface area contributed by atoms with Gasteiger partial charge in [-0.1, -0.05) is 6.07 Å². The van der Waals surface area contributed by atoms with Crippen LogP contribution in [-0.2, 0) is 7.05 Å². The molecule has 0 amide bonds. The summed E-state index contributed by atoms with van der Waals surface area (Å²) in [5.74, 6) is 0.774. The largest absolute Gasteiger partial charge is 0.494 e. The zero-order valence-corrected chi connectivity index (χ0v) is 10.2. The monoisotopic (exact) mass is 229 g/mol. The van der Waals surface area contributed by atoms with Crippen LogP contribution >= 0.6 is 0 Å². The molecule has 0 radical (unpaired) electrons. The molecule has 0 atom stereocenters. The molecule has 1 aromatic carbocycles. The molecular formula is C13H15N3O. The van der Waals surface area contributed by atoms with Crippen LogP contribution in [0.3, 0.4) is 0 Å². The molecule has 17 heavy (non-hydrogen) atoms. The van der Waals surface area contributed by atoms with Crippen molar-refractivity contribution in [3.05, 3.63) is 41.7 Å². The van der Waals surface area contributed by atoms with E-state index in [-0.39, 0.29) is 0 Å². The number of nitrogens with zero attached hydrogens (tertiary/aromatic N) is 3. The van der Waals surface area contributed by atoms with Gasteiger partial charge in [0.05, 0.1) is 13.3 Å². The van der Waals surface area contributed by atoms with Crippen molar-refractivity contribution < 1.29 is 4.74 Å². The van der Waals surface area contributed by atoms with Crippen molar-refractivity contribution in [3.63, 3.8) is 0 Å². The highest BCUT2D eigenvalue weighted by Crippen LogP contribution is 2.27. The van der Waals surface area contributed by atoms with E-state index in [0.717, 1.165) is 22.6 Å². The first-order valence-corrected chi connectivity index (χ1v) is 5.36. The number of benzene rings is 1. The van der Waals surface area contributed by atoms with E-state index in [1.54, 1.807) is 24.2 Å². The maximum atomic E-state index is 5.26. The Morgan fingerprint density at radius 3 is 2.88 bits per heavy atom. The molecule has 0 saturated heterocycles. The van der Waals surface area contributed by atoms with E-state index in [0.29, 0.717) is 0 Å². The lowest BCUT2D eigenvalue weighted by Gasteiger charge is -2.04. The first-order chi connectivity index (χ1) is 8.19. The third kappa shape index (κ3) is 2.72. The molecule has 0 aliphatic heterocycles. The summed E-state index contributed by atoms with van der Waals surface area (Å²) in [6.07, 6.45) is 5.46. The van der Waals surface area contributed by atoms with Gasteiger partial charge in [0.25, 0.3) is 0 Å². The van der Waals surface area contributed by atoms with Crippen molar-refractivity contribution in [2.75, 3.05) is 7.11 Å². The Balaban J connectivity index is 2.28. The minimum Gasteiger partial charge on any atom is -0.494 e. The van der Waals surface area contributed by atoms with Crippen molar-refractivity contribution in [1.82, 2.24) is 9.78 Å². The molecule has 2 rings (SSSR count). The second kappa shape index (κ2) is 4.82. The molecule has 0 aliphatic carbocycles. The minimum atomic E-state index is 0.774. The fraction of sp³-hybridized carbons (Fsp3) is 0.231. The Morgan fingerprint density at radius 2 is 2.24 bits per heavy atom. The molecule has 0 N–H and O–H groups in total. The molecule has 4 heteroatoms. The number of rotatable bonds is 3. The van der Waals surface area contributed by atoms with Gasteiger partial charge < -0.3 is 4.74 Å². The minimum absolute atomic E-state index is 0.774. The maximum absolute atomic E-state index is 5.26. The van der Waals surface area contributed by atoms with Crippen LogP contribution in [0.15, 0.2) is 35.6 Å². The zero-order valence-electron chi connectivity index (χ0n) is 10.2. The Morgan fingerprint density at radius 1 is 1.41 bits per heavy atom. The molecule has 1 heterocycles. The van der Waals surface area contributed by atoms with Gasteiger partial charge in [0.2, 0.25) is 0 Å². The molecule has 1 aromatic heterocycles. The van der Waals surface area contributed by atoms with Crippen molar-refractivity contribution in [2.45, 2.75) is 6.92 Å². The van der Waals surface area contributed by atoms with Crippen molar-refractivity contribution >= 4 is 11.9 Å². The molecule has 0 bridgehead atoms. The van der Waals surface area contributed by atoms with E-state index in [2.05, 4.69) is 10.1 Å². The Hall–Kier alpha value is -2.10. The number of aryl methyl sites for hydroxylation is 2. The van der Waals surface area contributed by atoms with Crippen LogP contribution in [-0.4, -0.2) is 23.1 Å². The maximum Gasteiger partial charge on any atom is 0.144 e. The fourth-order valence-electron chi connectivity index (χ4n) is 1.55. The standard InChI is InChI=1S/C13H15N3O/c1-10-4-5-13(17-3)12(6-10)14-7-11-8-15-16(2)9-11/h4-9H,1-3H3. The highest BCUT2D eigenvalue weighted by Gasteiger charge is 2.00. The first-order valence-electron chi connectivity index (χ1n) is 5.36. The van der Waals surface area contributed by atoms with Gasteiger partial charge in [-0.2, -0.15) is 5.10 Å². The lowest BCUT2D eigenvalue weighted by molar-refractivity contribution is 0.416. The summed E-state index contributed by atoms with van der Waals surface area (Å²) < 4.78 is 7.00. The molecule has 2 aromatic rings. The predicted octanol–water partition coefficient (Wildman–Crippen LogP) is 2.49. The third-order valence-electron chi connectivity index (χ3n) is 2.41. The lowest BCUT2D eigenvalue weighted by Crippen LogP contribution is -1.85. The Labute approximate surface area is 101 Å². The van der Waals surface area contributed by atoms with E-state index < -0.39 is 0 Å². The van der Waals surface area contributed by atoms with Crippen LogP contribution in [0.4, 0.5) is 5.69 Å². The average Bonchev–Trinajstić information content (AvgIpc) is 2.73. The van der Waals surface area contributed by atoms with Gasteiger partial charge >= 0.3 is 0 Å². The quantitative estimate of drug-likeness (QED) is 0.758. The molecule has 0 unspecified atom stereocenters. The number of hydrogen-bond donors (Lipinski definition) is 0. The molecule has 0 aliphatic rings. The molecule has 0 saturated carbocycles. The molecule has 88 valence electrons. The Kier molecular flexibility index (Phi) is 3.23. The van der Waals surface area contributed by atoms with Crippen LogP contribution in [0.1, 0.15) is 11.1 Å². The summed E-state index contributed by atoms with van der Waals surface area (Å²) in [6, 6.07) is 5.92. The van der Waals surface area contributed by atoms with Crippen LogP contribution in [0, 0.1) is 6.92 Å². The zero-order chi connectivity index (χ0) is 12.3. The second-order valence-electron chi connectivity index (χ2n) is 3.88. The lowest BCUT2D eigenvalue weighted by atomic mass is 10.2. The van der Waals surface area contributed by atoms with Crippen molar-refractivity contribution in [3.8, 4) is 5.75 Å². The summed E-state index contributed by atoms with van der Waals surface area (Å²) in [5, 5.41) is 4.08.